The van der Waals surface area contributed by atoms with Crippen LogP contribution in [0.4, 0.5) is 9.59 Å². The number of carbonyl (C=O) groups is 3. The summed E-state index contributed by atoms with van der Waals surface area (Å²) in [5.74, 6) is -0.564. The molecule has 2 heterocycles. The van der Waals surface area contributed by atoms with E-state index in [1.165, 1.54) is 0 Å². The van der Waals surface area contributed by atoms with Gasteiger partial charge in [-0.05, 0) is 62.8 Å². The van der Waals surface area contributed by atoms with E-state index in [4.69, 9.17) is 14.6 Å². The molecule has 0 atom stereocenters. The smallest absolute Gasteiger partial charge is 0.410 e. The summed E-state index contributed by atoms with van der Waals surface area (Å²) in [5.41, 5.74) is 0.987. The van der Waals surface area contributed by atoms with Gasteiger partial charge in [0.25, 0.3) is 0 Å². The molecule has 4 rings (SSSR count). The van der Waals surface area contributed by atoms with E-state index < -0.39 is 5.97 Å². The Hall–Kier alpha value is -2.81. The fourth-order valence-corrected chi connectivity index (χ4v) is 5.34. The number of carbonyl (C=O) groups excluding carboxylic acids is 2. The zero-order chi connectivity index (χ0) is 25.3. The molecule has 1 aromatic carbocycles. The van der Waals surface area contributed by atoms with Gasteiger partial charge in [-0.2, -0.15) is 0 Å². The standard InChI is InChI=1S/C27H39N3O6/c31-25(32)22-6-8-23(9-7-22)28-26(33)29-16-12-24(13-17-29)35-18-21-10-14-30(15-11-21)27(34)36-19-20-4-2-1-3-5-20/h1-5,21-24H,6-19H2,(H,28,33)(H,31,32). The number of carboxylic acid groups (broad SMARTS) is 1. The zero-order valence-corrected chi connectivity index (χ0v) is 21.0. The molecule has 2 saturated heterocycles. The lowest BCUT2D eigenvalue weighted by Gasteiger charge is -2.36. The molecule has 2 N–H and O–H groups in total. The van der Waals surface area contributed by atoms with Gasteiger partial charge in [-0.25, -0.2) is 9.59 Å². The third-order valence-electron chi connectivity index (χ3n) is 7.78. The highest BCUT2D eigenvalue weighted by Gasteiger charge is 2.30. The summed E-state index contributed by atoms with van der Waals surface area (Å²) in [7, 11) is 0. The number of hydrogen-bond acceptors (Lipinski definition) is 5. The number of rotatable bonds is 7. The Bertz CT molecular complexity index is 858. The van der Waals surface area contributed by atoms with Crippen molar-refractivity contribution in [2.45, 2.75) is 70.1 Å². The van der Waals surface area contributed by atoms with Crippen molar-refractivity contribution >= 4 is 18.1 Å². The van der Waals surface area contributed by atoms with Gasteiger partial charge >= 0.3 is 18.1 Å². The van der Waals surface area contributed by atoms with Crippen LogP contribution in [-0.2, 0) is 20.9 Å². The van der Waals surface area contributed by atoms with Crippen LogP contribution in [0.1, 0.15) is 56.9 Å². The van der Waals surface area contributed by atoms with Crippen molar-refractivity contribution in [1.82, 2.24) is 15.1 Å². The molecule has 0 bridgehead atoms. The van der Waals surface area contributed by atoms with Gasteiger partial charge in [-0.1, -0.05) is 30.3 Å². The molecule has 1 saturated carbocycles. The monoisotopic (exact) mass is 501 g/mol. The SMILES string of the molecule is O=C(O)C1CCC(NC(=O)N2CCC(OCC3CCN(C(=O)OCc4ccccc4)CC3)CC2)CC1. The number of hydrogen-bond donors (Lipinski definition) is 2. The molecule has 9 nitrogen and oxygen atoms in total. The van der Waals surface area contributed by atoms with Crippen LogP contribution < -0.4 is 5.32 Å². The summed E-state index contributed by atoms with van der Waals surface area (Å²) in [6.45, 7) is 3.71. The van der Waals surface area contributed by atoms with Crippen LogP contribution in [0.25, 0.3) is 0 Å². The largest absolute Gasteiger partial charge is 0.481 e. The minimum absolute atomic E-state index is 0.0428. The topological polar surface area (TPSA) is 108 Å². The summed E-state index contributed by atoms with van der Waals surface area (Å²) in [6, 6.07) is 9.73. The number of nitrogens with zero attached hydrogens (tertiary/aromatic N) is 2. The molecule has 3 amide bonds. The lowest BCUT2D eigenvalue weighted by molar-refractivity contribution is -0.142. The number of likely N-dealkylation sites (tertiary alicyclic amines) is 2. The first kappa shape index (κ1) is 26.3. The van der Waals surface area contributed by atoms with E-state index in [9.17, 15) is 14.4 Å². The number of nitrogens with one attached hydrogen (secondary N) is 1. The van der Waals surface area contributed by atoms with Crippen molar-refractivity contribution in [1.29, 1.82) is 0 Å². The lowest BCUT2D eigenvalue weighted by atomic mass is 9.86. The summed E-state index contributed by atoms with van der Waals surface area (Å²) < 4.78 is 11.6. The summed E-state index contributed by atoms with van der Waals surface area (Å²) in [5, 5.41) is 12.2. The molecule has 0 spiro atoms. The van der Waals surface area contributed by atoms with Crippen molar-refractivity contribution in [3.8, 4) is 0 Å². The molecule has 9 heteroatoms. The maximum atomic E-state index is 12.6. The van der Waals surface area contributed by atoms with Crippen molar-refractivity contribution in [3.05, 3.63) is 35.9 Å². The lowest BCUT2D eigenvalue weighted by Crippen LogP contribution is -2.50. The Labute approximate surface area is 213 Å². The fraction of sp³-hybridized carbons (Fsp3) is 0.667. The quantitative estimate of drug-likeness (QED) is 0.587. The molecule has 0 unspecified atom stereocenters. The Morgan fingerprint density at radius 1 is 0.861 bits per heavy atom. The maximum absolute atomic E-state index is 12.6. The molecule has 2 aliphatic heterocycles. The second kappa shape index (κ2) is 12.9. The zero-order valence-electron chi connectivity index (χ0n) is 21.0. The highest BCUT2D eigenvalue weighted by atomic mass is 16.6. The number of amides is 3. The Morgan fingerprint density at radius 2 is 1.50 bits per heavy atom. The second-order valence-electron chi connectivity index (χ2n) is 10.3. The third-order valence-corrected chi connectivity index (χ3v) is 7.78. The van der Waals surface area contributed by atoms with Gasteiger partial charge in [0.05, 0.1) is 12.0 Å². The van der Waals surface area contributed by atoms with E-state index in [2.05, 4.69) is 5.32 Å². The molecular formula is C27H39N3O6. The van der Waals surface area contributed by atoms with Gasteiger partial charge in [-0.3, -0.25) is 4.79 Å². The van der Waals surface area contributed by atoms with Gasteiger partial charge in [-0.15, -0.1) is 0 Å². The summed E-state index contributed by atoms with van der Waals surface area (Å²) in [6.07, 6.45) is 6.09. The van der Waals surface area contributed by atoms with Crippen LogP contribution in [0.3, 0.4) is 0 Å². The molecule has 36 heavy (non-hydrogen) atoms. The Balaban J connectivity index is 1.07. The first-order valence-corrected chi connectivity index (χ1v) is 13.3. The molecule has 0 radical (unpaired) electrons. The van der Waals surface area contributed by atoms with E-state index >= 15 is 0 Å². The van der Waals surface area contributed by atoms with Crippen LogP contribution >= 0.6 is 0 Å². The predicted octanol–water partition coefficient (Wildman–Crippen LogP) is 3.87. The average Bonchev–Trinajstić information content (AvgIpc) is 2.92. The van der Waals surface area contributed by atoms with Crippen molar-refractivity contribution in [2.75, 3.05) is 32.8 Å². The highest BCUT2D eigenvalue weighted by molar-refractivity contribution is 5.75. The van der Waals surface area contributed by atoms with Gasteiger partial charge in [0.1, 0.15) is 6.61 Å². The van der Waals surface area contributed by atoms with Crippen LogP contribution in [0.15, 0.2) is 30.3 Å². The van der Waals surface area contributed by atoms with Crippen LogP contribution in [-0.4, -0.2) is 77.9 Å². The van der Waals surface area contributed by atoms with E-state index in [-0.39, 0.29) is 30.2 Å². The van der Waals surface area contributed by atoms with Crippen LogP contribution in [0.2, 0.25) is 0 Å². The van der Waals surface area contributed by atoms with Gasteiger partial charge in [0.15, 0.2) is 0 Å². The summed E-state index contributed by atoms with van der Waals surface area (Å²) in [4.78, 5) is 39.7. The normalized spacial score (nSPS) is 23.8. The molecule has 1 aromatic rings. The molecule has 1 aliphatic carbocycles. The minimum atomic E-state index is -0.728. The van der Waals surface area contributed by atoms with E-state index in [0.717, 1.165) is 44.1 Å². The summed E-state index contributed by atoms with van der Waals surface area (Å²) >= 11 is 0. The third kappa shape index (κ3) is 7.59. The van der Waals surface area contributed by atoms with Crippen molar-refractivity contribution in [2.24, 2.45) is 11.8 Å². The number of ether oxygens (including phenoxy) is 2. The van der Waals surface area contributed by atoms with E-state index in [0.29, 0.717) is 58.2 Å². The van der Waals surface area contributed by atoms with Crippen molar-refractivity contribution < 1.29 is 29.0 Å². The Kier molecular flexibility index (Phi) is 9.44. The second-order valence-corrected chi connectivity index (χ2v) is 10.3. The molecular weight excluding hydrogens is 462 g/mol. The molecule has 0 aromatic heterocycles. The first-order chi connectivity index (χ1) is 17.5. The molecule has 3 fully saturated rings. The first-order valence-electron chi connectivity index (χ1n) is 13.3. The minimum Gasteiger partial charge on any atom is -0.481 e. The number of urea groups is 1. The average molecular weight is 502 g/mol. The van der Waals surface area contributed by atoms with E-state index in [1.54, 1.807) is 4.90 Å². The van der Waals surface area contributed by atoms with E-state index in [1.807, 2.05) is 35.2 Å². The van der Waals surface area contributed by atoms with Crippen LogP contribution in [0, 0.1) is 11.8 Å². The number of piperidine rings is 2. The number of carboxylic acids is 1. The van der Waals surface area contributed by atoms with Gasteiger partial charge in [0, 0.05) is 38.8 Å². The Morgan fingerprint density at radius 3 is 2.14 bits per heavy atom. The maximum Gasteiger partial charge on any atom is 0.410 e. The number of aliphatic carboxylic acids is 1. The van der Waals surface area contributed by atoms with Gasteiger partial charge < -0.3 is 29.7 Å². The highest BCUT2D eigenvalue weighted by Crippen LogP contribution is 2.25. The predicted molar refractivity (Wildman–Crippen MR) is 133 cm³/mol. The number of benzene rings is 1. The fourth-order valence-electron chi connectivity index (χ4n) is 5.34. The molecule has 3 aliphatic rings. The van der Waals surface area contributed by atoms with Gasteiger partial charge in [0.2, 0.25) is 0 Å². The molecule has 198 valence electrons. The van der Waals surface area contributed by atoms with Crippen LogP contribution in [0.5, 0.6) is 0 Å². The van der Waals surface area contributed by atoms with Crippen molar-refractivity contribution in [3.63, 3.8) is 0 Å².